The molecule has 0 saturated carbocycles. The van der Waals surface area contributed by atoms with Gasteiger partial charge in [0.05, 0.1) is 19.0 Å². The number of hydrogen-bond acceptors (Lipinski definition) is 5. The van der Waals surface area contributed by atoms with E-state index in [-0.39, 0.29) is 6.04 Å². The van der Waals surface area contributed by atoms with Gasteiger partial charge in [-0.15, -0.1) is 0 Å². The number of methoxy groups -OCH3 is 1. The number of carbonyl (C=O) groups is 1. The topological polar surface area (TPSA) is 66.2 Å². The molecule has 24 heavy (non-hydrogen) atoms. The van der Waals surface area contributed by atoms with Crippen molar-refractivity contribution >= 4 is 16.7 Å². The number of pyridine rings is 1. The summed E-state index contributed by atoms with van der Waals surface area (Å²) in [5.41, 5.74) is 1.22. The predicted octanol–water partition coefficient (Wildman–Crippen LogP) is 3.55. The number of nitrogens with zero attached hydrogens (tertiary/aromatic N) is 3. The van der Waals surface area contributed by atoms with E-state index >= 15 is 0 Å². The summed E-state index contributed by atoms with van der Waals surface area (Å²) < 4.78 is 12.7. The van der Waals surface area contributed by atoms with E-state index in [2.05, 4.69) is 10.1 Å². The van der Waals surface area contributed by atoms with Crippen LogP contribution in [0.3, 0.4) is 0 Å². The molecule has 0 spiro atoms. The fourth-order valence-corrected chi connectivity index (χ4v) is 2.63. The van der Waals surface area contributed by atoms with Crippen LogP contribution in [0, 0.1) is 6.92 Å². The zero-order valence-electron chi connectivity index (χ0n) is 14.1. The SMILES string of the molecule is COc1cc2ccncc2cc1OC(=O)c1cnn(C(C)C)c1C. The van der Waals surface area contributed by atoms with E-state index < -0.39 is 5.97 Å². The second-order valence-corrected chi connectivity index (χ2v) is 5.80. The Bertz CT molecular complexity index is 900. The van der Waals surface area contributed by atoms with Crippen LogP contribution in [-0.2, 0) is 0 Å². The largest absolute Gasteiger partial charge is 0.493 e. The van der Waals surface area contributed by atoms with Crippen molar-refractivity contribution < 1.29 is 14.3 Å². The first kappa shape index (κ1) is 16.0. The lowest BCUT2D eigenvalue weighted by molar-refractivity contribution is 0.0729. The van der Waals surface area contributed by atoms with Crippen molar-refractivity contribution in [3.63, 3.8) is 0 Å². The molecular formula is C18H19N3O3. The second kappa shape index (κ2) is 6.31. The molecule has 0 unspecified atom stereocenters. The van der Waals surface area contributed by atoms with E-state index in [0.29, 0.717) is 17.1 Å². The molecule has 0 N–H and O–H groups in total. The van der Waals surface area contributed by atoms with Crippen LogP contribution in [0.4, 0.5) is 0 Å². The highest BCUT2D eigenvalue weighted by molar-refractivity contribution is 5.93. The maximum Gasteiger partial charge on any atom is 0.347 e. The summed E-state index contributed by atoms with van der Waals surface area (Å²) in [7, 11) is 1.54. The maximum atomic E-state index is 12.5. The van der Waals surface area contributed by atoms with Crippen LogP contribution in [0.2, 0.25) is 0 Å². The standard InChI is InChI=1S/C18H19N3O3/c1-11(2)21-12(3)15(10-20-21)18(22)24-17-8-14-9-19-6-5-13(14)7-16(17)23-4/h5-11H,1-4H3. The monoisotopic (exact) mass is 325 g/mol. The molecule has 3 rings (SSSR count). The molecule has 0 fully saturated rings. The number of carbonyl (C=O) groups excluding carboxylic acids is 1. The molecule has 0 aliphatic rings. The highest BCUT2D eigenvalue weighted by Crippen LogP contribution is 2.32. The summed E-state index contributed by atoms with van der Waals surface area (Å²) in [4.78, 5) is 16.6. The zero-order chi connectivity index (χ0) is 17.3. The van der Waals surface area contributed by atoms with E-state index in [1.54, 1.807) is 30.3 Å². The third-order valence-corrected chi connectivity index (χ3v) is 3.88. The van der Waals surface area contributed by atoms with Crippen LogP contribution in [0.25, 0.3) is 10.8 Å². The Morgan fingerprint density at radius 3 is 2.58 bits per heavy atom. The molecule has 0 atom stereocenters. The fraction of sp³-hybridized carbons (Fsp3) is 0.278. The first-order valence-corrected chi connectivity index (χ1v) is 7.69. The summed E-state index contributed by atoms with van der Waals surface area (Å²) in [5.74, 6) is 0.400. The van der Waals surface area contributed by atoms with E-state index in [9.17, 15) is 4.79 Å². The molecule has 1 aromatic carbocycles. The molecule has 2 aromatic heterocycles. The van der Waals surface area contributed by atoms with E-state index in [1.165, 1.54) is 6.20 Å². The quantitative estimate of drug-likeness (QED) is 0.542. The second-order valence-electron chi connectivity index (χ2n) is 5.80. The molecule has 0 amide bonds. The number of aromatic nitrogens is 3. The van der Waals surface area contributed by atoms with Crippen LogP contribution in [0.1, 0.15) is 35.9 Å². The highest BCUT2D eigenvalue weighted by Gasteiger charge is 2.19. The van der Waals surface area contributed by atoms with Gasteiger partial charge in [-0.05, 0) is 44.4 Å². The summed E-state index contributed by atoms with van der Waals surface area (Å²) in [6.45, 7) is 5.87. The van der Waals surface area contributed by atoms with Gasteiger partial charge >= 0.3 is 5.97 Å². The van der Waals surface area contributed by atoms with Gasteiger partial charge in [-0.1, -0.05) is 0 Å². The smallest absolute Gasteiger partial charge is 0.347 e. The van der Waals surface area contributed by atoms with Crippen molar-refractivity contribution in [2.45, 2.75) is 26.8 Å². The van der Waals surface area contributed by atoms with Gasteiger partial charge in [-0.2, -0.15) is 5.10 Å². The van der Waals surface area contributed by atoms with Crippen molar-refractivity contribution in [3.8, 4) is 11.5 Å². The van der Waals surface area contributed by atoms with E-state index in [1.807, 2.05) is 32.9 Å². The third kappa shape index (κ3) is 2.82. The van der Waals surface area contributed by atoms with Crippen LogP contribution >= 0.6 is 0 Å². The van der Waals surface area contributed by atoms with Gasteiger partial charge in [-0.25, -0.2) is 4.79 Å². The van der Waals surface area contributed by atoms with Gasteiger partial charge in [-0.3, -0.25) is 9.67 Å². The lowest BCUT2D eigenvalue weighted by Gasteiger charge is -2.11. The Hall–Kier alpha value is -2.89. The van der Waals surface area contributed by atoms with Crippen molar-refractivity contribution in [1.82, 2.24) is 14.8 Å². The number of benzene rings is 1. The van der Waals surface area contributed by atoms with Gasteiger partial charge in [0.25, 0.3) is 0 Å². The van der Waals surface area contributed by atoms with Gasteiger partial charge in [0.1, 0.15) is 5.56 Å². The lowest BCUT2D eigenvalue weighted by Crippen LogP contribution is -2.12. The molecule has 6 nitrogen and oxygen atoms in total. The Morgan fingerprint density at radius 2 is 1.92 bits per heavy atom. The first-order chi connectivity index (χ1) is 11.5. The minimum absolute atomic E-state index is 0.174. The summed E-state index contributed by atoms with van der Waals surface area (Å²) in [5, 5.41) is 6.08. The average Bonchev–Trinajstić information content (AvgIpc) is 2.96. The van der Waals surface area contributed by atoms with Crippen molar-refractivity contribution in [2.24, 2.45) is 0 Å². The molecule has 0 aliphatic carbocycles. The normalized spacial score (nSPS) is 11.0. The maximum absolute atomic E-state index is 12.5. The van der Waals surface area contributed by atoms with Crippen LogP contribution < -0.4 is 9.47 Å². The minimum Gasteiger partial charge on any atom is -0.493 e. The van der Waals surface area contributed by atoms with Crippen LogP contribution in [-0.4, -0.2) is 27.8 Å². The summed E-state index contributed by atoms with van der Waals surface area (Å²) in [6.07, 6.45) is 4.96. The molecule has 0 radical (unpaired) electrons. The summed E-state index contributed by atoms with van der Waals surface area (Å²) in [6, 6.07) is 5.62. The molecule has 2 heterocycles. The van der Waals surface area contributed by atoms with Gasteiger partial charge in [0.15, 0.2) is 11.5 Å². The number of ether oxygens (including phenoxy) is 2. The van der Waals surface area contributed by atoms with Crippen molar-refractivity contribution in [2.75, 3.05) is 7.11 Å². The number of esters is 1. The van der Waals surface area contributed by atoms with Gasteiger partial charge in [0.2, 0.25) is 0 Å². The minimum atomic E-state index is -0.457. The Kier molecular flexibility index (Phi) is 4.20. The van der Waals surface area contributed by atoms with E-state index in [4.69, 9.17) is 9.47 Å². The first-order valence-electron chi connectivity index (χ1n) is 7.69. The molecular weight excluding hydrogens is 306 g/mol. The summed E-state index contributed by atoms with van der Waals surface area (Å²) >= 11 is 0. The number of rotatable bonds is 4. The van der Waals surface area contributed by atoms with Gasteiger partial charge < -0.3 is 9.47 Å². The fourth-order valence-electron chi connectivity index (χ4n) is 2.63. The molecule has 3 aromatic rings. The Balaban J connectivity index is 1.95. The molecule has 0 saturated heterocycles. The number of hydrogen-bond donors (Lipinski definition) is 0. The van der Waals surface area contributed by atoms with Crippen LogP contribution in [0.5, 0.6) is 11.5 Å². The average molecular weight is 325 g/mol. The Labute approximate surface area is 140 Å². The molecule has 124 valence electrons. The van der Waals surface area contributed by atoms with Crippen LogP contribution in [0.15, 0.2) is 36.8 Å². The molecule has 6 heteroatoms. The number of fused-ring (bicyclic) bond motifs is 1. The zero-order valence-corrected chi connectivity index (χ0v) is 14.1. The molecule has 0 bridgehead atoms. The van der Waals surface area contributed by atoms with Crippen molar-refractivity contribution in [1.29, 1.82) is 0 Å². The highest BCUT2D eigenvalue weighted by atomic mass is 16.6. The third-order valence-electron chi connectivity index (χ3n) is 3.88. The van der Waals surface area contributed by atoms with Crippen molar-refractivity contribution in [3.05, 3.63) is 48.0 Å². The van der Waals surface area contributed by atoms with Gasteiger partial charge in [0, 0.05) is 23.8 Å². The lowest BCUT2D eigenvalue weighted by atomic mass is 10.1. The Morgan fingerprint density at radius 1 is 1.17 bits per heavy atom. The molecule has 0 aliphatic heterocycles. The predicted molar refractivity (Wildman–Crippen MR) is 90.6 cm³/mol. The van der Waals surface area contributed by atoms with E-state index in [0.717, 1.165) is 16.5 Å².